The van der Waals surface area contributed by atoms with Crippen LogP contribution in [0.1, 0.15) is 29.5 Å². The highest BCUT2D eigenvalue weighted by Gasteiger charge is 2.40. The van der Waals surface area contributed by atoms with E-state index in [-0.39, 0.29) is 5.91 Å². The van der Waals surface area contributed by atoms with Gasteiger partial charge in [-0.25, -0.2) is 8.42 Å². The molecule has 1 saturated heterocycles. The number of benzene rings is 2. The molecule has 7 heteroatoms. The van der Waals surface area contributed by atoms with Crippen molar-refractivity contribution >= 4 is 32.5 Å². The molecule has 1 aliphatic heterocycles. The third-order valence-electron chi connectivity index (χ3n) is 5.53. The lowest BCUT2D eigenvalue weighted by Gasteiger charge is -2.25. The molecule has 2 heterocycles. The van der Waals surface area contributed by atoms with Gasteiger partial charge in [0, 0.05) is 23.6 Å². The van der Waals surface area contributed by atoms with Crippen molar-refractivity contribution < 1.29 is 13.2 Å². The first kappa shape index (κ1) is 19.7. The topological polar surface area (TPSA) is 82.3 Å². The average molecular weight is 412 g/mol. The van der Waals surface area contributed by atoms with Crippen molar-refractivity contribution in [1.29, 1.82) is 0 Å². The van der Waals surface area contributed by atoms with Crippen LogP contribution >= 0.6 is 0 Å². The molecule has 4 rings (SSSR count). The van der Waals surface area contributed by atoms with Gasteiger partial charge in [0.15, 0.2) is 0 Å². The summed E-state index contributed by atoms with van der Waals surface area (Å²) < 4.78 is 28.3. The van der Waals surface area contributed by atoms with E-state index in [0.29, 0.717) is 41.1 Å². The molecule has 1 aromatic heterocycles. The number of nitrogens with one attached hydrogen (secondary N) is 2. The largest absolute Gasteiger partial charge is 0.361 e. The molecule has 2 aromatic carbocycles. The molecule has 0 aliphatic carbocycles. The van der Waals surface area contributed by atoms with Crippen molar-refractivity contribution in [2.45, 2.75) is 44.6 Å². The third kappa shape index (κ3) is 3.45. The zero-order valence-electron chi connectivity index (χ0n) is 16.8. The summed E-state index contributed by atoms with van der Waals surface area (Å²) >= 11 is 0. The Kier molecular flexibility index (Phi) is 4.96. The van der Waals surface area contributed by atoms with Gasteiger partial charge >= 0.3 is 0 Å². The van der Waals surface area contributed by atoms with Crippen molar-refractivity contribution in [1.82, 2.24) is 9.29 Å². The summed E-state index contributed by atoms with van der Waals surface area (Å²) in [5.74, 6) is -0.290. The maximum Gasteiger partial charge on any atom is 0.244 e. The van der Waals surface area contributed by atoms with E-state index in [1.165, 1.54) is 4.31 Å². The zero-order chi connectivity index (χ0) is 20.8. The van der Waals surface area contributed by atoms with Gasteiger partial charge in [-0.15, -0.1) is 0 Å². The second-order valence-corrected chi connectivity index (χ2v) is 9.56. The Bertz CT molecular complexity index is 1170. The number of carbonyl (C=O) groups excluding carboxylic acids is 1. The summed E-state index contributed by atoms with van der Waals surface area (Å²) in [6, 6.07) is 10.5. The van der Waals surface area contributed by atoms with E-state index in [1.54, 1.807) is 0 Å². The van der Waals surface area contributed by atoms with Gasteiger partial charge in [-0.05, 0) is 62.9 Å². The Labute approximate surface area is 171 Å². The average Bonchev–Trinajstić information content (AvgIpc) is 3.31. The normalized spacial score (nSPS) is 17.7. The van der Waals surface area contributed by atoms with E-state index in [1.807, 2.05) is 63.4 Å². The van der Waals surface area contributed by atoms with Crippen LogP contribution in [0.5, 0.6) is 0 Å². The maximum atomic E-state index is 13.5. The molecule has 1 atom stereocenters. The van der Waals surface area contributed by atoms with Gasteiger partial charge in [-0.2, -0.15) is 4.31 Å². The molecule has 1 amide bonds. The molecule has 0 radical (unpaired) electrons. The van der Waals surface area contributed by atoms with Crippen molar-refractivity contribution in [3.63, 3.8) is 0 Å². The van der Waals surface area contributed by atoms with Crippen LogP contribution < -0.4 is 5.32 Å². The van der Waals surface area contributed by atoms with Crippen molar-refractivity contribution in [3.05, 3.63) is 59.3 Å². The zero-order valence-corrected chi connectivity index (χ0v) is 17.6. The third-order valence-corrected chi connectivity index (χ3v) is 7.74. The molecule has 6 nitrogen and oxygen atoms in total. The highest BCUT2D eigenvalue weighted by atomic mass is 32.2. The minimum absolute atomic E-state index is 0.290. The van der Waals surface area contributed by atoms with Gasteiger partial charge in [-0.3, -0.25) is 4.79 Å². The van der Waals surface area contributed by atoms with Gasteiger partial charge in [0.25, 0.3) is 0 Å². The van der Waals surface area contributed by atoms with Crippen molar-refractivity contribution in [3.8, 4) is 0 Å². The predicted octanol–water partition coefficient (Wildman–Crippen LogP) is 3.88. The van der Waals surface area contributed by atoms with Crippen LogP contribution in [-0.4, -0.2) is 36.2 Å². The van der Waals surface area contributed by atoms with Crippen LogP contribution in [0.4, 0.5) is 5.69 Å². The van der Waals surface area contributed by atoms with E-state index in [9.17, 15) is 13.2 Å². The summed E-state index contributed by atoms with van der Waals surface area (Å²) in [5, 5.41) is 3.84. The van der Waals surface area contributed by atoms with Gasteiger partial charge < -0.3 is 10.3 Å². The quantitative estimate of drug-likeness (QED) is 0.683. The molecule has 1 aliphatic rings. The second kappa shape index (κ2) is 7.31. The Morgan fingerprint density at radius 1 is 1.14 bits per heavy atom. The molecule has 1 fully saturated rings. The summed E-state index contributed by atoms with van der Waals surface area (Å²) in [7, 11) is -3.77. The molecule has 152 valence electrons. The predicted molar refractivity (Wildman–Crippen MR) is 114 cm³/mol. The number of amides is 1. The highest BCUT2D eigenvalue weighted by Crippen LogP contribution is 2.31. The molecule has 29 heavy (non-hydrogen) atoms. The number of aromatic nitrogens is 1. The number of anilines is 1. The lowest BCUT2D eigenvalue weighted by Crippen LogP contribution is -2.43. The van der Waals surface area contributed by atoms with Crippen molar-refractivity contribution in [2.75, 3.05) is 11.9 Å². The molecular weight excluding hydrogens is 386 g/mol. The van der Waals surface area contributed by atoms with Crippen LogP contribution in [-0.2, 0) is 14.8 Å². The van der Waals surface area contributed by atoms with Crippen LogP contribution in [0, 0.1) is 20.8 Å². The molecule has 1 unspecified atom stereocenters. The highest BCUT2D eigenvalue weighted by molar-refractivity contribution is 7.89. The summed E-state index contributed by atoms with van der Waals surface area (Å²) in [5.41, 5.74) is 4.05. The Balaban J connectivity index is 1.65. The number of fused-ring (bicyclic) bond motifs is 1. The lowest BCUT2D eigenvalue weighted by atomic mass is 10.1. The molecule has 0 saturated carbocycles. The van der Waals surface area contributed by atoms with E-state index >= 15 is 0 Å². The number of hydrogen-bond acceptors (Lipinski definition) is 3. The first-order valence-corrected chi connectivity index (χ1v) is 11.2. The SMILES string of the molecule is Cc1cc(C)c(S(=O)(=O)N2CCCC2C(=O)Nc2cccc3[nH]ccc23)c(C)c1. The standard InChI is InChI=1S/C22H25N3O3S/c1-14-12-15(2)21(16(3)13-14)29(27,28)25-11-5-8-20(25)22(26)24-19-7-4-6-18-17(19)9-10-23-18/h4,6-7,9-10,12-13,20,23H,5,8,11H2,1-3H3,(H,24,26). The number of carbonyl (C=O) groups is 1. The van der Waals surface area contributed by atoms with Crippen molar-refractivity contribution in [2.24, 2.45) is 0 Å². The molecular formula is C22H25N3O3S. The van der Waals surface area contributed by atoms with Gasteiger partial charge in [0.05, 0.1) is 10.6 Å². The van der Waals surface area contributed by atoms with Gasteiger partial charge in [-0.1, -0.05) is 23.8 Å². The Hall–Kier alpha value is -2.64. The number of hydrogen-bond donors (Lipinski definition) is 2. The van der Waals surface area contributed by atoms with Crippen LogP contribution in [0.3, 0.4) is 0 Å². The van der Waals surface area contributed by atoms with Crippen LogP contribution in [0.25, 0.3) is 10.9 Å². The molecule has 0 spiro atoms. The number of aromatic amines is 1. The molecule has 2 N–H and O–H groups in total. The first-order chi connectivity index (χ1) is 13.8. The summed E-state index contributed by atoms with van der Waals surface area (Å²) in [6.07, 6.45) is 2.99. The minimum atomic E-state index is -3.77. The Morgan fingerprint density at radius 3 is 2.59 bits per heavy atom. The minimum Gasteiger partial charge on any atom is -0.361 e. The van der Waals surface area contributed by atoms with Gasteiger partial charge in [0.2, 0.25) is 15.9 Å². The fourth-order valence-electron chi connectivity index (χ4n) is 4.39. The summed E-state index contributed by atoms with van der Waals surface area (Å²) in [4.78, 5) is 16.5. The Morgan fingerprint density at radius 2 is 1.86 bits per heavy atom. The number of aryl methyl sites for hydroxylation is 3. The van der Waals surface area contributed by atoms with Crippen LogP contribution in [0.15, 0.2) is 47.5 Å². The number of rotatable bonds is 4. The van der Waals surface area contributed by atoms with Crippen LogP contribution in [0.2, 0.25) is 0 Å². The number of nitrogens with zero attached hydrogens (tertiary/aromatic N) is 1. The molecule has 0 bridgehead atoms. The van der Waals surface area contributed by atoms with E-state index in [0.717, 1.165) is 16.5 Å². The van der Waals surface area contributed by atoms with E-state index < -0.39 is 16.1 Å². The maximum absolute atomic E-state index is 13.5. The fourth-order valence-corrected chi connectivity index (χ4v) is 6.46. The smallest absolute Gasteiger partial charge is 0.244 e. The fraction of sp³-hybridized carbons (Fsp3) is 0.318. The van der Waals surface area contributed by atoms with E-state index in [4.69, 9.17) is 0 Å². The summed E-state index contributed by atoms with van der Waals surface area (Å²) in [6.45, 7) is 5.92. The lowest BCUT2D eigenvalue weighted by molar-refractivity contribution is -0.119. The van der Waals surface area contributed by atoms with Gasteiger partial charge in [0.1, 0.15) is 6.04 Å². The second-order valence-electron chi connectivity index (χ2n) is 7.74. The van der Waals surface area contributed by atoms with E-state index in [2.05, 4.69) is 10.3 Å². The number of sulfonamides is 1. The molecule has 3 aromatic rings. The number of H-pyrrole nitrogens is 1. The first-order valence-electron chi connectivity index (χ1n) is 9.75. The monoisotopic (exact) mass is 411 g/mol.